The number of ether oxygens (including phenoxy) is 1. The topological polar surface area (TPSA) is 49.7 Å². The first kappa shape index (κ1) is 9.88. The second-order valence-corrected chi connectivity index (χ2v) is 2.22. The number of aliphatic hydroxyl groups is 2. The van der Waals surface area contributed by atoms with E-state index in [0.717, 1.165) is 33.0 Å². The van der Waals surface area contributed by atoms with E-state index in [1.807, 2.05) is 0 Å². The minimum absolute atomic E-state index is 0.197. The second kappa shape index (κ2) is 6.99. The summed E-state index contributed by atoms with van der Waals surface area (Å²) in [6.45, 7) is 1.37. The Morgan fingerprint density at radius 1 is 1.30 bits per heavy atom. The average Bonchev–Trinajstić information content (AvgIpc) is 2.21. The highest BCUT2D eigenvalue weighted by Gasteiger charge is 2.06. The molecule has 0 amide bonds. The molecule has 3 nitrogen and oxygen atoms in total. The molecule has 0 aromatic heterocycles. The summed E-state index contributed by atoms with van der Waals surface area (Å²) in [5.41, 5.74) is 0. The highest BCUT2D eigenvalue weighted by molar-refractivity contribution is 4.57. The van der Waals surface area contributed by atoms with Gasteiger partial charge in [0.25, 0.3) is 0 Å². The lowest BCUT2D eigenvalue weighted by molar-refractivity contribution is 0.0512. The van der Waals surface area contributed by atoms with Crippen LogP contribution >= 0.6 is 0 Å². The van der Waals surface area contributed by atoms with Crippen molar-refractivity contribution in [3.63, 3.8) is 0 Å². The van der Waals surface area contributed by atoms with E-state index < -0.39 is 0 Å². The lowest BCUT2D eigenvalue weighted by Gasteiger charge is -2.02. The molecule has 1 rings (SSSR count). The highest BCUT2D eigenvalue weighted by atomic mass is 16.5. The van der Waals surface area contributed by atoms with Crippen LogP contribution in [0.3, 0.4) is 0 Å². The fourth-order valence-electron chi connectivity index (χ4n) is 0.887. The van der Waals surface area contributed by atoms with Gasteiger partial charge in [-0.3, -0.25) is 0 Å². The van der Waals surface area contributed by atoms with Gasteiger partial charge in [-0.15, -0.1) is 0 Å². The predicted molar refractivity (Wildman–Crippen MR) is 38.8 cm³/mol. The third-order valence-corrected chi connectivity index (χ3v) is 1.39. The molecule has 0 aliphatic carbocycles. The van der Waals surface area contributed by atoms with Gasteiger partial charge in [0.15, 0.2) is 0 Å². The van der Waals surface area contributed by atoms with Crippen molar-refractivity contribution >= 4 is 0 Å². The largest absolute Gasteiger partial charge is 0.400 e. The molecule has 1 aliphatic heterocycles. The Morgan fingerprint density at radius 2 is 2.00 bits per heavy atom. The van der Waals surface area contributed by atoms with Crippen LogP contribution in [0.4, 0.5) is 0 Å². The Kier molecular flexibility index (Phi) is 6.91. The van der Waals surface area contributed by atoms with Gasteiger partial charge in [0, 0.05) is 13.7 Å². The van der Waals surface area contributed by atoms with E-state index in [-0.39, 0.29) is 6.10 Å². The van der Waals surface area contributed by atoms with Crippen molar-refractivity contribution in [3.05, 3.63) is 0 Å². The SMILES string of the molecule is CO.OC1CCCCOC1. The third kappa shape index (κ3) is 4.73. The smallest absolute Gasteiger partial charge is 0.0773 e. The number of rotatable bonds is 0. The van der Waals surface area contributed by atoms with Crippen molar-refractivity contribution in [2.24, 2.45) is 0 Å². The maximum Gasteiger partial charge on any atom is 0.0773 e. The summed E-state index contributed by atoms with van der Waals surface area (Å²) in [5, 5.41) is 16.0. The van der Waals surface area contributed by atoms with Gasteiger partial charge < -0.3 is 14.9 Å². The Labute approximate surface area is 61.6 Å². The number of hydrogen-bond acceptors (Lipinski definition) is 3. The molecule has 1 unspecified atom stereocenters. The monoisotopic (exact) mass is 148 g/mol. The van der Waals surface area contributed by atoms with E-state index in [4.69, 9.17) is 14.9 Å². The molecule has 10 heavy (non-hydrogen) atoms. The molecule has 0 saturated carbocycles. The van der Waals surface area contributed by atoms with Crippen LogP contribution in [0, 0.1) is 0 Å². The van der Waals surface area contributed by atoms with Crippen molar-refractivity contribution in [2.75, 3.05) is 20.3 Å². The molecule has 62 valence electrons. The minimum atomic E-state index is -0.197. The summed E-state index contributed by atoms with van der Waals surface area (Å²) in [6.07, 6.45) is 2.94. The molecule has 1 heterocycles. The molecule has 1 saturated heterocycles. The van der Waals surface area contributed by atoms with Crippen LogP contribution in [0.2, 0.25) is 0 Å². The average molecular weight is 148 g/mol. The van der Waals surface area contributed by atoms with Crippen LogP contribution in [-0.2, 0) is 4.74 Å². The third-order valence-electron chi connectivity index (χ3n) is 1.39. The summed E-state index contributed by atoms with van der Waals surface area (Å²) in [4.78, 5) is 0. The molecular formula is C7H16O3. The van der Waals surface area contributed by atoms with Crippen molar-refractivity contribution in [3.8, 4) is 0 Å². The van der Waals surface area contributed by atoms with Gasteiger partial charge in [0.2, 0.25) is 0 Å². The predicted octanol–water partition coefficient (Wildman–Crippen LogP) is 0.156. The Morgan fingerprint density at radius 3 is 2.70 bits per heavy atom. The van der Waals surface area contributed by atoms with Crippen molar-refractivity contribution in [1.29, 1.82) is 0 Å². The van der Waals surface area contributed by atoms with Crippen molar-refractivity contribution in [1.82, 2.24) is 0 Å². The Bertz CT molecular complexity index is 57.9. The van der Waals surface area contributed by atoms with Crippen LogP contribution in [0.1, 0.15) is 19.3 Å². The van der Waals surface area contributed by atoms with Crippen molar-refractivity contribution < 1.29 is 14.9 Å². The van der Waals surface area contributed by atoms with Gasteiger partial charge in [0.1, 0.15) is 0 Å². The van der Waals surface area contributed by atoms with Gasteiger partial charge in [-0.25, -0.2) is 0 Å². The first-order valence-electron chi connectivity index (χ1n) is 3.60. The van der Waals surface area contributed by atoms with E-state index in [1.54, 1.807) is 0 Å². The van der Waals surface area contributed by atoms with E-state index in [2.05, 4.69) is 0 Å². The molecule has 1 fully saturated rings. The van der Waals surface area contributed by atoms with Gasteiger partial charge >= 0.3 is 0 Å². The maximum atomic E-state index is 8.96. The zero-order valence-corrected chi connectivity index (χ0v) is 6.42. The van der Waals surface area contributed by atoms with E-state index >= 15 is 0 Å². The summed E-state index contributed by atoms with van der Waals surface area (Å²) in [6, 6.07) is 0. The first-order valence-corrected chi connectivity index (χ1v) is 3.60. The quantitative estimate of drug-likeness (QED) is 0.514. The van der Waals surface area contributed by atoms with Crippen LogP contribution in [0.15, 0.2) is 0 Å². The summed E-state index contributed by atoms with van der Waals surface area (Å²) in [7, 11) is 1.00. The molecule has 0 aromatic carbocycles. The second-order valence-electron chi connectivity index (χ2n) is 2.22. The zero-order valence-electron chi connectivity index (χ0n) is 6.42. The molecule has 0 spiro atoms. The molecule has 1 atom stereocenters. The normalized spacial score (nSPS) is 26.1. The number of hydrogen-bond donors (Lipinski definition) is 2. The molecule has 2 N–H and O–H groups in total. The lowest BCUT2D eigenvalue weighted by Crippen LogP contribution is -2.11. The molecule has 1 aliphatic rings. The van der Waals surface area contributed by atoms with E-state index in [9.17, 15) is 0 Å². The standard InChI is InChI=1S/C6H12O2.CH4O/c7-6-3-1-2-4-8-5-6;1-2/h6-7H,1-5H2;2H,1H3. The lowest BCUT2D eigenvalue weighted by atomic mass is 10.2. The Hall–Kier alpha value is -0.120. The van der Waals surface area contributed by atoms with Crippen LogP contribution < -0.4 is 0 Å². The van der Waals surface area contributed by atoms with Gasteiger partial charge in [0.05, 0.1) is 12.7 Å². The fourth-order valence-corrected chi connectivity index (χ4v) is 0.887. The van der Waals surface area contributed by atoms with E-state index in [1.165, 1.54) is 0 Å². The molecule has 0 aromatic rings. The molecular weight excluding hydrogens is 132 g/mol. The van der Waals surface area contributed by atoms with Gasteiger partial charge in [-0.05, 0) is 19.3 Å². The minimum Gasteiger partial charge on any atom is -0.400 e. The summed E-state index contributed by atoms with van der Waals surface area (Å²) >= 11 is 0. The number of aliphatic hydroxyl groups excluding tert-OH is 2. The first-order chi connectivity index (χ1) is 4.89. The summed E-state index contributed by atoms with van der Waals surface area (Å²) in [5.74, 6) is 0. The van der Waals surface area contributed by atoms with Crippen molar-refractivity contribution in [2.45, 2.75) is 25.4 Å². The van der Waals surface area contributed by atoms with Crippen LogP contribution in [0.5, 0.6) is 0 Å². The highest BCUT2D eigenvalue weighted by Crippen LogP contribution is 2.06. The van der Waals surface area contributed by atoms with E-state index in [0.29, 0.717) is 6.61 Å². The molecule has 3 heteroatoms. The van der Waals surface area contributed by atoms with Crippen LogP contribution in [-0.4, -0.2) is 36.6 Å². The molecule has 0 bridgehead atoms. The molecule has 0 radical (unpaired) electrons. The van der Waals surface area contributed by atoms with Gasteiger partial charge in [-0.2, -0.15) is 0 Å². The Balaban J connectivity index is 0.000000371. The van der Waals surface area contributed by atoms with Crippen LogP contribution in [0.25, 0.3) is 0 Å². The maximum absolute atomic E-state index is 8.96. The summed E-state index contributed by atoms with van der Waals surface area (Å²) < 4.78 is 5.06. The fraction of sp³-hybridized carbons (Fsp3) is 1.00. The van der Waals surface area contributed by atoms with Gasteiger partial charge in [-0.1, -0.05) is 0 Å². The zero-order chi connectivity index (χ0) is 7.82.